The molecular weight excluding hydrogens is 257 g/mol. The minimum absolute atomic E-state index is 0.0520. The molecule has 0 radical (unpaired) electrons. The molecule has 0 bridgehead atoms. The first-order valence-corrected chi connectivity index (χ1v) is 6.43. The lowest BCUT2D eigenvalue weighted by Gasteiger charge is -2.07. The summed E-state index contributed by atoms with van der Waals surface area (Å²) in [6, 6.07) is 12.1. The molecule has 0 aliphatic heterocycles. The van der Waals surface area contributed by atoms with Gasteiger partial charge in [0.2, 0.25) is 0 Å². The average molecular weight is 275 g/mol. The van der Waals surface area contributed by atoms with E-state index < -0.39 is 5.82 Å². The zero-order chi connectivity index (χ0) is 14.4. The summed E-state index contributed by atoms with van der Waals surface area (Å²) in [4.78, 5) is 0. The van der Waals surface area contributed by atoms with Gasteiger partial charge in [-0.1, -0.05) is 24.3 Å². The van der Waals surface area contributed by atoms with Gasteiger partial charge in [-0.2, -0.15) is 0 Å². The van der Waals surface area contributed by atoms with Crippen LogP contribution in [0.1, 0.15) is 16.7 Å². The normalized spacial score (nSPS) is 10.7. The second-order valence-corrected chi connectivity index (χ2v) is 4.67. The number of methoxy groups -OCH3 is 1. The van der Waals surface area contributed by atoms with Gasteiger partial charge in [-0.3, -0.25) is 0 Å². The summed E-state index contributed by atoms with van der Waals surface area (Å²) in [7, 11) is 1.67. The van der Waals surface area contributed by atoms with Gasteiger partial charge in [-0.25, -0.2) is 4.39 Å². The molecular formula is C16H18FNO2. The quantitative estimate of drug-likeness (QED) is 0.851. The first-order chi connectivity index (χ1) is 9.67. The van der Waals surface area contributed by atoms with Crippen LogP contribution in [0.4, 0.5) is 4.39 Å². The van der Waals surface area contributed by atoms with Crippen LogP contribution in [0.15, 0.2) is 42.5 Å². The fraction of sp³-hybridized carbons (Fsp3) is 0.250. The molecule has 0 amide bonds. The molecule has 4 heteroatoms. The Labute approximate surface area is 118 Å². The Kier molecular flexibility index (Phi) is 5.09. The average Bonchev–Trinajstić information content (AvgIpc) is 2.38. The highest BCUT2D eigenvalue weighted by molar-refractivity contribution is 5.28. The van der Waals surface area contributed by atoms with Crippen LogP contribution in [0.2, 0.25) is 0 Å². The van der Waals surface area contributed by atoms with E-state index in [0.29, 0.717) is 19.7 Å². The highest BCUT2D eigenvalue weighted by atomic mass is 19.1. The Morgan fingerprint density at radius 2 is 1.80 bits per heavy atom. The highest BCUT2D eigenvalue weighted by Crippen LogP contribution is 2.14. The van der Waals surface area contributed by atoms with Gasteiger partial charge in [0.25, 0.3) is 0 Å². The van der Waals surface area contributed by atoms with Gasteiger partial charge in [0.1, 0.15) is 11.6 Å². The third-order valence-corrected chi connectivity index (χ3v) is 2.90. The summed E-state index contributed by atoms with van der Waals surface area (Å²) in [6.45, 7) is 1.76. The Bertz CT molecular complexity index is 552. The number of benzene rings is 2. The maximum atomic E-state index is 13.1. The Balaban J connectivity index is 1.90. The largest absolute Gasteiger partial charge is 0.508 e. The molecule has 0 aromatic heterocycles. The van der Waals surface area contributed by atoms with Gasteiger partial charge in [-0.15, -0.1) is 0 Å². The van der Waals surface area contributed by atoms with Crippen LogP contribution in [0.25, 0.3) is 0 Å². The number of phenols is 1. The molecule has 0 saturated carbocycles. The van der Waals surface area contributed by atoms with Crippen molar-refractivity contribution in [2.45, 2.75) is 19.7 Å². The molecule has 20 heavy (non-hydrogen) atoms. The van der Waals surface area contributed by atoms with Crippen molar-refractivity contribution in [3.63, 3.8) is 0 Å². The van der Waals surface area contributed by atoms with E-state index in [0.717, 1.165) is 22.8 Å². The number of aromatic hydroxyl groups is 1. The van der Waals surface area contributed by atoms with Crippen LogP contribution in [0, 0.1) is 5.82 Å². The number of hydrogen-bond acceptors (Lipinski definition) is 3. The SMILES string of the molecule is COCc1cccc(CNCc2cc(O)cc(F)c2)c1. The monoisotopic (exact) mass is 275 g/mol. The van der Waals surface area contributed by atoms with Gasteiger partial charge >= 0.3 is 0 Å². The van der Waals surface area contributed by atoms with Crippen LogP contribution in [0.5, 0.6) is 5.75 Å². The Morgan fingerprint density at radius 3 is 2.55 bits per heavy atom. The number of rotatable bonds is 6. The van der Waals surface area contributed by atoms with Crippen molar-refractivity contribution in [1.29, 1.82) is 0 Å². The third-order valence-electron chi connectivity index (χ3n) is 2.90. The van der Waals surface area contributed by atoms with Crippen LogP contribution in [0.3, 0.4) is 0 Å². The lowest BCUT2D eigenvalue weighted by atomic mass is 10.1. The first-order valence-electron chi connectivity index (χ1n) is 6.43. The molecule has 2 N–H and O–H groups in total. The standard InChI is InChI=1S/C16H18FNO2/c1-20-11-13-4-2-3-12(5-13)9-18-10-14-6-15(17)8-16(19)7-14/h2-8,18-19H,9-11H2,1H3. The molecule has 2 rings (SSSR count). The minimum Gasteiger partial charge on any atom is -0.508 e. The van der Waals surface area contributed by atoms with E-state index in [4.69, 9.17) is 4.74 Å². The van der Waals surface area contributed by atoms with Crippen molar-refractivity contribution in [2.24, 2.45) is 0 Å². The zero-order valence-electron chi connectivity index (χ0n) is 11.4. The third kappa shape index (κ3) is 4.33. The molecule has 0 fully saturated rings. The van der Waals surface area contributed by atoms with Crippen molar-refractivity contribution in [3.05, 3.63) is 65.0 Å². The van der Waals surface area contributed by atoms with E-state index in [2.05, 4.69) is 11.4 Å². The predicted molar refractivity (Wildman–Crippen MR) is 75.8 cm³/mol. The second-order valence-electron chi connectivity index (χ2n) is 4.67. The first kappa shape index (κ1) is 14.5. The molecule has 0 atom stereocenters. The van der Waals surface area contributed by atoms with Crippen molar-refractivity contribution >= 4 is 0 Å². The summed E-state index contributed by atoms with van der Waals surface area (Å²) in [5, 5.41) is 12.5. The summed E-state index contributed by atoms with van der Waals surface area (Å²) < 4.78 is 18.2. The van der Waals surface area contributed by atoms with Crippen LogP contribution >= 0.6 is 0 Å². The van der Waals surface area contributed by atoms with Crippen molar-refractivity contribution < 1.29 is 14.2 Å². The Morgan fingerprint density at radius 1 is 1.05 bits per heavy atom. The summed E-state index contributed by atoms with van der Waals surface area (Å²) in [5.74, 6) is -0.479. The Hall–Kier alpha value is -1.91. The van der Waals surface area contributed by atoms with E-state index >= 15 is 0 Å². The molecule has 2 aromatic carbocycles. The van der Waals surface area contributed by atoms with Crippen LogP contribution < -0.4 is 5.32 Å². The molecule has 0 aliphatic carbocycles. The van der Waals surface area contributed by atoms with Crippen LogP contribution in [-0.2, 0) is 24.4 Å². The number of halogens is 1. The number of phenolic OH excluding ortho intramolecular Hbond substituents is 1. The van der Waals surface area contributed by atoms with Gasteiger partial charge in [0, 0.05) is 26.3 Å². The molecule has 0 spiro atoms. The maximum absolute atomic E-state index is 13.1. The molecule has 0 heterocycles. The summed E-state index contributed by atoms with van der Waals surface area (Å²) in [5.41, 5.74) is 2.98. The molecule has 2 aromatic rings. The minimum atomic E-state index is -0.427. The summed E-state index contributed by atoms with van der Waals surface area (Å²) in [6.07, 6.45) is 0. The second kappa shape index (κ2) is 7.03. The molecule has 0 saturated heterocycles. The molecule has 0 unspecified atom stereocenters. The van der Waals surface area contributed by atoms with E-state index in [1.54, 1.807) is 13.2 Å². The number of nitrogens with one attached hydrogen (secondary N) is 1. The van der Waals surface area contributed by atoms with Gasteiger partial charge in [0.15, 0.2) is 0 Å². The van der Waals surface area contributed by atoms with Gasteiger partial charge in [0.05, 0.1) is 6.61 Å². The molecule has 3 nitrogen and oxygen atoms in total. The van der Waals surface area contributed by atoms with Crippen molar-refractivity contribution in [1.82, 2.24) is 5.32 Å². The van der Waals surface area contributed by atoms with E-state index in [1.807, 2.05) is 18.2 Å². The van der Waals surface area contributed by atoms with E-state index in [9.17, 15) is 9.50 Å². The van der Waals surface area contributed by atoms with E-state index in [1.165, 1.54) is 6.07 Å². The molecule has 0 aliphatic rings. The zero-order valence-corrected chi connectivity index (χ0v) is 11.4. The topological polar surface area (TPSA) is 41.5 Å². The number of hydrogen-bond donors (Lipinski definition) is 2. The lowest BCUT2D eigenvalue weighted by Crippen LogP contribution is -2.13. The molecule has 106 valence electrons. The summed E-state index contributed by atoms with van der Waals surface area (Å²) >= 11 is 0. The smallest absolute Gasteiger partial charge is 0.127 e. The van der Waals surface area contributed by atoms with Crippen molar-refractivity contribution in [2.75, 3.05) is 7.11 Å². The van der Waals surface area contributed by atoms with Gasteiger partial charge in [-0.05, 0) is 28.8 Å². The fourth-order valence-corrected chi connectivity index (χ4v) is 2.08. The van der Waals surface area contributed by atoms with Crippen molar-refractivity contribution in [3.8, 4) is 5.75 Å². The lowest BCUT2D eigenvalue weighted by molar-refractivity contribution is 0.185. The highest BCUT2D eigenvalue weighted by Gasteiger charge is 2.00. The predicted octanol–water partition coefficient (Wildman–Crippen LogP) is 2.97. The van der Waals surface area contributed by atoms with Gasteiger partial charge < -0.3 is 15.2 Å². The van der Waals surface area contributed by atoms with E-state index in [-0.39, 0.29) is 5.75 Å². The van der Waals surface area contributed by atoms with Crippen LogP contribution in [-0.4, -0.2) is 12.2 Å². The fourth-order valence-electron chi connectivity index (χ4n) is 2.08. The maximum Gasteiger partial charge on any atom is 0.127 e. The number of ether oxygens (including phenoxy) is 1.